The number of quaternary nitrogens is 1. The van der Waals surface area contributed by atoms with Crippen molar-refractivity contribution in [3.8, 4) is 6.07 Å². The lowest BCUT2D eigenvalue weighted by atomic mass is 9.81. The van der Waals surface area contributed by atoms with Gasteiger partial charge in [-0.05, 0) is 47.4 Å². The minimum absolute atomic E-state index is 0.0723. The van der Waals surface area contributed by atoms with Crippen LogP contribution in [-0.2, 0) is 16.9 Å². The van der Waals surface area contributed by atoms with Crippen LogP contribution in [0.1, 0.15) is 43.3 Å². The van der Waals surface area contributed by atoms with Gasteiger partial charge in [0.05, 0.1) is 47.0 Å². The van der Waals surface area contributed by atoms with Crippen molar-refractivity contribution in [2.75, 3.05) is 20.5 Å². The average Bonchev–Trinajstić information content (AvgIpc) is 3.05. The number of hydroxylamine groups is 3. The summed E-state index contributed by atoms with van der Waals surface area (Å²) in [5.74, 6) is -0.447. The van der Waals surface area contributed by atoms with Gasteiger partial charge in [0, 0.05) is 6.42 Å². The van der Waals surface area contributed by atoms with Crippen molar-refractivity contribution in [1.82, 2.24) is 0 Å². The van der Waals surface area contributed by atoms with Crippen LogP contribution < -0.4 is 0 Å². The van der Waals surface area contributed by atoms with Gasteiger partial charge in [0.25, 0.3) is 0 Å². The summed E-state index contributed by atoms with van der Waals surface area (Å²) in [6, 6.07) is 12.7. The van der Waals surface area contributed by atoms with Crippen molar-refractivity contribution in [3.63, 3.8) is 0 Å². The molecule has 2 aromatic carbocycles. The summed E-state index contributed by atoms with van der Waals surface area (Å²) in [7, 11) is 0. The Morgan fingerprint density at radius 3 is 2.76 bits per heavy atom. The molecule has 1 aliphatic heterocycles. The second kappa shape index (κ2) is 6.57. The van der Waals surface area contributed by atoms with Gasteiger partial charge in [-0.3, -0.25) is 0 Å². The number of nitriles is 1. The van der Waals surface area contributed by atoms with E-state index in [0.29, 0.717) is 16.7 Å². The summed E-state index contributed by atoms with van der Waals surface area (Å²) in [6.45, 7) is -7.06. The Morgan fingerprint density at radius 1 is 1.32 bits per heavy atom. The van der Waals surface area contributed by atoms with Crippen molar-refractivity contribution in [3.05, 3.63) is 75.7 Å². The molecular formula is C20H21FN2O2. The zero-order chi connectivity index (χ0) is 23.1. The first-order valence-corrected chi connectivity index (χ1v) is 7.87. The number of hydrogen-bond donors (Lipinski definition) is 0. The van der Waals surface area contributed by atoms with E-state index in [2.05, 4.69) is 6.07 Å². The highest BCUT2D eigenvalue weighted by atomic mass is 19.1. The van der Waals surface area contributed by atoms with Gasteiger partial charge in [-0.2, -0.15) is 5.26 Å². The van der Waals surface area contributed by atoms with Crippen LogP contribution in [-0.4, -0.2) is 25.1 Å². The minimum atomic E-state index is -3.27. The van der Waals surface area contributed by atoms with E-state index in [0.717, 1.165) is 5.56 Å². The van der Waals surface area contributed by atoms with Gasteiger partial charge in [-0.25, -0.2) is 4.39 Å². The summed E-state index contributed by atoms with van der Waals surface area (Å²) in [4.78, 5) is 0. The molecule has 1 heterocycles. The monoisotopic (exact) mass is 346 g/mol. The molecule has 2 aromatic rings. The number of fused-ring (bicyclic) bond motifs is 1. The van der Waals surface area contributed by atoms with Gasteiger partial charge in [0.1, 0.15) is 11.4 Å². The Kier molecular flexibility index (Phi) is 2.99. The van der Waals surface area contributed by atoms with Crippen LogP contribution in [0, 0.1) is 22.4 Å². The van der Waals surface area contributed by atoms with E-state index in [1.807, 2.05) is 0 Å². The van der Waals surface area contributed by atoms with E-state index in [-0.39, 0.29) is 19.4 Å². The lowest BCUT2D eigenvalue weighted by molar-refractivity contribution is -0.840. The van der Waals surface area contributed by atoms with Crippen LogP contribution in [0.4, 0.5) is 4.39 Å². The predicted molar refractivity (Wildman–Crippen MR) is 92.7 cm³/mol. The fourth-order valence-electron chi connectivity index (χ4n) is 3.32. The number of nitrogens with zero attached hydrogens (tertiary/aromatic N) is 2. The first kappa shape index (κ1) is 11.4. The molecule has 0 saturated carbocycles. The van der Waals surface area contributed by atoms with Crippen LogP contribution in [0.25, 0.3) is 0 Å². The van der Waals surface area contributed by atoms with Crippen molar-refractivity contribution in [2.45, 2.75) is 25.0 Å². The molecule has 1 aliphatic rings. The number of halogens is 1. The summed E-state index contributed by atoms with van der Waals surface area (Å²) in [6.07, 6.45) is 0.0308. The third kappa shape index (κ3) is 3.57. The maximum absolute atomic E-state index is 13.5. The summed E-state index contributed by atoms with van der Waals surface area (Å²) >= 11 is 0. The van der Waals surface area contributed by atoms with E-state index in [1.165, 1.54) is 24.3 Å². The van der Waals surface area contributed by atoms with Gasteiger partial charge in [-0.15, -0.1) is 0 Å². The van der Waals surface area contributed by atoms with E-state index in [4.69, 9.17) is 18.2 Å². The average molecular weight is 346 g/mol. The van der Waals surface area contributed by atoms with Crippen molar-refractivity contribution in [1.29, 1.82) is 5.26 Å². The van der Waals surface area contributed by atoms with Gasteiger partial charge in [0.2, 0.25) is 0 Å². The number of hydrogen-bond acceptors (Lipinski definition) is 3. The van der Waals surface area contributed by atoms with E-state index in [9.17, 15) is 9.60 Å². The Hall–Kier alpha value is -2.26. The van der Waals surface area contributed by atoms with Crippen LogP contribution >= 0.6 is 0 Å². The molecule has 0 amide bonds. The normalized spacial score (nSPS) is 24.0. The first-order valence-electron chi connectivity index (χ1n) is 10.9. The molecule has 25 heavy (non-hydrogen) atoms. The third-order valence-corrected chi connectivity index (χ3v) is 4.46. The fraction of sp³-hybridized carbons (Fsp3) is 0.350. The zero-order valence-electron chi connectivity index (χ0n) is 19.5. The first-order chi connectivity index (χ1) is 14.3. The quantitative estimate of drug-likeness (QED) is 0.611. The maximum Gasteiger partial charge on any atom is 0.123 e. The summed E-state index contributed by atoms with van der Waals surface area (Å²) < 4.78 is 62.0. The van der Waals surface area contributed by atoms with Gasteiger partial charge < -0.3 is 14.6 Å². The Balaban J connectivity index is 1.98. The topological polar surface area (TPSA) is 56.1 Å². The summed E-state index contributed by atoms with van der Waals surface area (Å²) in [5.41, 5.74) is 1.37. The minimum Gasteiger partial charge on any atom is -0.633 e. The van der Waals surface area contributed by atoms with E-state index < -0.39 is 36.6 Å². The van der Waals surface area contributed by atoms with Gasteiger partial charge in [-0.1, -0.05) is 18.2 Å². The standard InChI is InChI=1S/C20H21FN2O2/c1-23(2,24)11-3-10-20(17-5-7-18(21)8-6-17)19-9-4-15(13-22)12-16(19)14-25-20/h4-9,12H,3,10-11,14H2,1-2H3/t20-/m1/s1/i1D3,2D3. The molecule has 130 valence electrons. The van der Waals surface area contributed by atoms with Crippen molar-refractivity contribution in [2.24, 2.45) is 0 Å². The number of benzene rings is 2. The SMILES string of the molecule is [2H]C([2H])([2H])[N+]([O-])(CCC[C@]1(c2ccc(F)cc2)OCc2cc(C#N)ccc21)C([2H])([2H])[2H]. The van der Waals surface area contributed by atoms with Crippen LogP contribution in [0.2, 0.25) is 0 Å². The molecule has 0 fully saturated rings. The molecule has 0 spiro atoms. The molecule has 0 N–H and O–H groups in total. The second-order valence-corrected chi connectivity index (χ2v) is 6.17. The molecule has 4 nitrogen and oxygen atoms in total. The van der Waals surface area contributed by atoms with Crippen molar-refractivity contribution >= 4 is 0 Å². The molecule has 1 atom stereocenters. The van der Waals surface area contributed by atoms with Gasteiger partial charge in [0.15, 0.2) is 0 Å². The summed E-state index contributed by atoms with van der Waals surface area (Å²) in [5, 5.41) is 22.0. The van der Waals surface area contributed by atoms with E-state index in [1.54, 1.807) is 18.2 Å². The Morgan fingerprint density at radius 2 is 2.08 bits per heavy atom. The second-order valence-electron chi connectivity index (χ2n) is 6.17. The molecular weight excluding hydrogens is 319 g/mol. The predicted octanol–water partition coefficient (Wildman–Crippen LogP) is 3.83. The highest BCUT2D eigenvalue weighted by Gasteiger charge is 2.41. The molecule has 0 aromatic heterocycles. The molecule has 0 saturated heterocycles. The van der Waals surface area contributed by atoms with Crippen molar-refractivity contribution < 1.29 is 22.0 Å². The van der Waals surface area contributed by atoms with Crippen LogP contribution in [0.3, 0.4) is 0 Å². The lowest BCUT2D eigenvalue weighted by Gasteiger charge is -2.36. The van der Waals surface area contributed by atoms with E-state index >= 15 is 0 Å². The lowest BCUT2D eigenvalue weighted by Crippen LogP contribution is -2.35. The highest BCUT2D eigenvalue weighted by molar-refractivity contribution is 5.47. The number of rotatable bonds is 5. The van der Waals surface area contributed by atoms with Crippen LogP contribution in [0.15, 0.2) is 42.5 Å². The molecule has 0 bridgehead atoms. The maximum atomic E-state index is 13.5. The van der Waals surface area contributed by atoms with Gasteiger partial charge >= 0.3 is 0 Å². The number of ether oxygens (including phenoxy) is 1. The Labute approximate surface area is 155 Å². The fourth-order valence-corrected chi connectivity index (χ4v) is 3.32. The molecule has 0 aliphatic carbocycles. The molecule has 0 radical (unpaired) electrons. The third-order valence-electron chi connectivity index (χ3n) is 4.46. The largest absolute Gasteiger partial charge is 0.633 e. The Bertz CT molecular complexity index is 987. The zero-order valence-corrected chi connectivity index (χ0v) is 13.5. The smallest absolute Gasteiger partial charge is 0.123 e. The van der Waals surface area contributed by atoms with Crippen LogP contribution in [0.5, 0.6) is 0 Å². The highest BCUT2D eigenvalue weighted by Crippen LogP contribution is 2.45. The molecule has 3 rings (SSSR count). The molecule has 5 heteroatoms. The molecule has 0 unspecified atom stereocenters.